The molecule has 0 spiro atoms. The van der Waals surface area contributed by atoms with E-state index in [9.17, 15) is 0 Å². The van der Waals surface area contributed by atoms with Crippen LogP contribution >= 0.6 is 23.1 Å². The Kier molecular flexibility index (Phi) is 4.61. The lowest BCUT2D eigenvalue weighted by Gasteiger charge is -2.05. The molecule has 0 N–H and O–H groups in total. The molecule has 0 saturated heterocycles. The first-order chi connectivity index (χ1) is 13.9. The van der Waals surface area contributed by atoms with E-state index in [4.69, 9.17) is 4.98 Å². The highest BCUT2D eigenvalue weighted by Crippen LogP contribution is 2.40. The second-order valence-electron chi connectivity index (χ2n) is 6.20. The molecular weight excluding hydrogens is 382 g/mol. The zero-order chi connectivity index (χ0) is 18.8. The molecule has 0 radical (unpaired) electrons. The van der Waals surface area contributed by atoms with Gasteiger partial charge in [0, 0.05) is 16.0 Å². The van der Waals surface area contributed by atoms with Gasteiger partial charge in [-0.3, -0.25) is 0 Å². The first kappa shape index (κ1) is 17.1. The number of fused-ring (bicyclic) bond motifs is 1. The number of hydrogen-bond donors (Lipinski definition) is 0. The number of benzene rings is 3. The van der Waals surface area contributed by atoms with Crippen molar-refractivity contribution in [2.75, 3.05) is 0 Å². The summed E-state index contributed by atoms with van der Waals surface area (Å²) in [6.45, 7) is 0. The van der Waals surface area contributed by atoms with Gasteiger partial charge in [-0.05, 0) is 12.1 Å². The van der Waals surface area contributed by atoms with Gasteiger partial charge in [0.05, 0.1) is 4.70 Å². The first-order valence-electron chi connectivity index (χ1n) is 8.89. The van der Waals surface area contributed by atoms with E-state index in [1.54, 1.807) is 23.1 Å². The normalized spacial score (nSPS) is 11.0. The molecule has 5 aromatic rings. The van der Waals surface area contributed by atoms with Crippen molar-refractivity contribution >= 4 is 33.3 Å². The van der Waals surface area contributed by atoms with Gasteiger partial charge in [-0.1, -0.05) is 90.6 Å². The summed E-state index contributed by atoms with van der Waals surface area (Å²) in [6, 6.07) is 30.6. The smallest absolute Gasteiger partial charge is 0.156 e. The highest BCUT2D eigenvalue weighted by atomic mass is 32.2. The molecule has 3 aromatic carbocycles. The molecule has 5 heteroatoms. The number of hydrogen-bond acceptors (Lipinski definition) is 5. The van der Waals surface area contributed by atoms with Crippen LogP contribution in [0.3, 0.4) is 0 Å². The minimum absolute atomic E-state index is 0.825. The molecule has 134 valence electrons. The molecule has 0 aliphatic heterocycles. The predicted molar refractivity (Wildman–Crippen MR) is 117 cm³/mol. The van der Waals surface area contributed by atoms with Crippen LogP contribution in [0.1, 0.15) is 0 Å². The fraction of sp³-hybridized carbons (Fsp3) is 0. The fourth-order valence-corrected chi connectivity index (χ4v) is 5.17. The van der Waals surface area contributed by atoms with Crippen molar-refractivity contribution in [1.29, 1.82) is 0 Å². The second kappa shape index (κ2) is 7.54. The van der Waals surface area contributed by atoms with Crippen LogP contribution in [-0.4, -0.2) is 15.2 Å². The van der Waals surface area contributed by atoms with Crippen LogP contribution in [0.2, 0.25) is 0 Å². The van der Waals surface area contributed by atoms with Crippen molar-refractivity contribution in [1.82, 2.24) is 15.2 Å². The minimum atomic E-state index is 0.825. The largest absolute Gasteiger partial charge is 0.227 e. The molecule has 5 rings (SSSR count). The highest BCUT2D eigenvalue weighted by Gasteiger charge is 2.18. The molecule has 2 aromatic heterocycles. The van der Waals surface area contributed by atoms with Gasteiger partial charge in [0.1, 0.15) is 16.9 Å². The lowest BCUT2D eigenvalue weighted by atomic mass is 10.1. The molecule has 0 fully saturated rings. The van der Waals surface area contributed by atoms with Crippen LogP contribution in [0, 0.1) is 0 Å². The van der Waals surface area contributed by atoms with Gasteiger partial charge in [-0.15, -0.1) is 21.5 Å². The number of thiazole rings is 1. The average Bonchev–Trinajstić information content (AvgIpc) is 3.18. The molecule has 3 nitrogen and oxygen atoms in total. The zero-order valence-electron chi connectivity index (χ0n) is 14.8. The standard InChI is InChI=1S/C23H15N3S2/c1-4-10-16(11-5-1)19-21-22(20(26-25-19)17-12-6-2-7-13-17)28-23(24-21)27-18-14-8-3-9-15-18/h1-15H. The first-order valence-corrected chi connectivity index (χ1v) is 10.5. The fourth-order valence-electron chi connectivity index (χ4n) is 3.02. The van der Waals surface area contributed by atoms with E-state index in [0.29, 0.717) is 0 Å². The van der Waals surface area contributed by atoms with Crippen molar-refractivity contribution in [3.8, 4) is 22.5 Å². The van der Waals surface area contributed by atoms with E-state index >= 15 is 0 Å². The Balaban J connectivity index is 1.70. The molecule has 2 heterocycles. The highest BCUT2D eigenvalue weighted by molar-refractivity contribution is 8.01. The van der Waals surface area contributed by atoms with Gasteiger partial charge >= 0.3 is 0 Å². The molecule has 0 aliphatic rings. The summed E-state index contributed by atoms with van der Waals surface area (Å²) in [5.74, 6) is 0. The van der Waals surface area contributed by atoms with E-state index in [1.165, 1.54) is 4.90 Å². The minimum Gasteiger partial charge on any atom is -0.227 e. The molecule has 0 unspecified atom stereocenters. The third kappa shape index (κ3) is 3.30. The van der Waals surface area contributed by atoms with Gasteiger partial charge in [0.25, 0.3) is 0 Å². The van der Waals surface area contributed by atoms with Crippen LogP contribution in [0.4, 0.5) is 0 Å². The van der Waals surface area contributed by atoms with E-state index < -0.39 is 0 Å². The summed E-state index contributed by atoms with van der Waals surface area (Å²) < 4.78 is 2.06. The van der Waals surface area contributed by atoms with Gasteiger partial charge in [-0.25, -0.2) is 4.98 Å². The van der Waals surface area contributed by atoms with Crippen molar-refractivity contribution in [3.63, 3.8) is 0 Å². The molecule has 0 aliphatic carbocycles. The summed E-state index contributed by atoms with van der Waals surface area (Å²) in [5.41, 5.74) is 4.70. The Bertz CT molecular complexity index is 1140. The Morgan fingerprint density at radius 3 is 1.79 bits per heavy atom. The van der Waals surface area contributed by atoms with E-state index in [-0.39, 0.29) is 0 Å². The van der Waals surface area contributed by atoms with Crippen LogP contribution in [0.5, 0.6) is 0 Å². The number of aromatic nitrogens is 3. The van der Waals surface area contributed by atoms with Crippen molar-refractivity contribution in [2.24, 2.45) is 0 Å². The summed E-state index contributed by atoms with van der Waals surface area (Å²) in [7, 11) is 0. The van der Waals surface area contributed by atoms with Crippen LogP contribution in [-0.2, 0) is 0 Å². The Hall–Kier alpha value is -3.02. The van der Waals surface area contributed by atoms with Crippen molar-refractivity contribution in [2.45, 2.75) is 9.24 Å². The van der Waals surface area contributed by atoms with Crippen LogP contribution < -0.4 is 0 Å². The van der Waals surface area contributed by atoms with Crippen LogP contribution in [0.25, 0.3) is 32.7 Å². The summed E-state index contributed by atoms with van der Waals surface area (Å²) in [6.07, 6.45) is 0. The van der Waals surface area contributed by atoms with Crippen molar-refractivity contribution in [3.05, 3.63) is 91.0 Å². The molecule has 0 saturated carbocycles. The van der Waals surface area contributed by atoms with Crippen molar-refractivity contribution < 1.29 is 0 Å². The van der Waals surface area contributed by atoms with E-state index in [2.05, 4.69) is 46.6 Å². The summed E-state index contributed by atoms with van der Waals surface area (Å²) >= 11 is 3.34. The van der Waals surface area contributed by atoms with E-state index in [1.807, 2.05) is 54.6 Å². The monoisotopic (exact) mass is 397 g/mol. The lowest BCUT2D eigenvalue weighted by molar-refractivity contribution is 1.06. The zero-order valence-corrected chi connectivity index (χ0v) is 16.5. The Morgan fingerprint density at radius 2 is 1.14 bits per heavy atom. The third-order valence-corrected chi connectivity index (χ3v) is 6.47. The quantitative estimate of drug-likeness (QED) is 0.344. The predicted octanol–water partition coefficient (Wildman–Crippen LogP) is 6.57. The van der Waals surface area contributed by atoms with Gasteiger partial charge < -0.3 is 0 Å². The second-order valence-corrected chi connectivity index (χ2v) is 8.52. The maximum atomic E-state index is 4.95. The summed E-state index contributed by atoms with van der Waals surface area (Å²) in [5, 5.41) is 9.14. The van der Waals surface area contributed by atoms with Gasteiger partial charge in [0.15, 0.2) is 4.34 Å². The molecule has 0 bridgehead atoms. The molecule has 28 heavy (non-hydrogen) atoms. The van der Waals surface area contributed by atoms with Crippen LogP contribution in [0.15, 0.2) is 100 Å². The van der Waals surface area contributed by atoms with Gasteiger partial charge in [-0.2, -0.15) is 0 Å². The SMILES string of the molecule is c1ccc(Sc2nc3c(-c4ccccc4)nnc(-c4ccccc4)c3s2)cc1. The maximum Gasteiger partial charge on any atom is 0.156 e. The Morgan fingerprint density at radius 1 is 0.607 bits per heavy atom. The summed E-state index contributed by atoms with van der Waals surface area (Å²) in [4.78, 5) is 6.12. The Labute approximate surface area is 171 Å². The van der Waals surface area contributed by atoms with Gasteiger partial charge in [0.2, 0.25) is 0 Å². The molecular formula is C23H15N3S2. The number of rotatable bonds is 4. The third-order valence-electron chi connectivity index (χ3n) is 4.34. The molecule has 0 atom stereocenters. The topological polar surface area (TPSA) is 38.7 Å². The molecule has 0 amide bonds. The van der Waals surface area contributed by atoms with E-state index in [0.717, 1.165) is 37.1 Å². The average molecular weight is 398 g/mol. The number of nitrogens with zero attached hydrogens (tertiary/aromatic N) is 3. The lowest BCUT2D eigenvalue weighted by Crippen LogP contribution is -1.93. The maximum absolute atomic E-state index is 4.95.